The summed E-state index contributed by atoms with van der Waals surface area (Å²) in [6.45, 7) is 1.32. The van der Waals surface area contributed by atoms with E-state index >= 15 is 0 Å². The summed E-state index contributed by atoms with van der Waals surface area (Å²) in [5.74, 6) is -1.86. The standard InChI is InChI=1S/C24H29N5O5/c25-24(9-2-10-24)14-7-11-28(12-8-14)19(31)13-26-16-4-1-3-15-20(16)23(34)29(22(15)33)17-5-6-18(30)27-21(17)32/h1,3-4,14,17,26H,2,5-13,25H2,(H,27,30,32). The van der Waals surface area contributed by atoms with Gasteiger partial charge in [-0.3, -0.25) is 34.2 Å². The Hall–Kier alpha value is -3.27. The molecule has 1 aromatic rings. The number of imide groups is 2. The first-order valence-corrected chi connectivity index (χ1v) is 11.9. The molecule has 0 radical (unpaired) electrons. The number of amides is 5. The molecule has 3 fully saturated rings. The Morgan fingerprint density at radius 2 is 1.82 bits per heavy atom. The number of fused-ring (bicyclic) bond motifs is 1. The van der Waals surface area contributed by atoms with E-state index in [1.54, 1.807) is 12.1 Å². The number of nitrogens with two attached hydrogens (primary N) is 1. The number of nitrogens with zero attached hydrogens (tertiary/aromatic N) is 2. The molecule has 10 heteroatoms. The van der Waals surface area contributed by atoms with Gasteiger partial charge in [-0.25, -0.2) is 0 Å². The van der Waals surface area contributed by atoms with Gasteiger partial charge in [-0.2, -0.15) is 0 Å². The highest BCUT2D eigenvalue weighted by Gasteiger charge is 2.46. The van der Waals surface area contributed by atoms with Crippen molar-refractivity contribution in [1.82, 2.24) is 15.1 Å². The molecule has 180 valence electrons. The first-order valence-electron chi connectivity index (χ1n) is 11.9. The van der Waals surface area contributed by atoms with E-state index in [0.717, 1.165) is 30.6 Å². The van der Waals surface area contributed by atoms with E-state index in [1.165, 1.54) is 12.5 Å². The number of nitrogens with one attached hydrogen (secondary N) is 2. The Labute approximate surface area is 197 Å². The monoisotopic (exact) mass is 467 g/mol. The molecule has 1 unspecified atom stereocenters. The van der Waals surface area contributed by atoms with Gasteiger partial charge >= 0.3 is 0 Å². The lowest BCUT2D eigenvalue weighted by molar-refractivity contribution is -0.136. The molecule has 5 rings (SSSR count). The molecule has 1 aliphatic carbocycles. The zero-order chi connectivity index (χ0) is 24.0. The van der Waals surface area contributed by atoms with Gasteiger partial charge in [-0.05, 0) is 56.6 Å². The number of carbonyl (C=O) groups is 5. The quantitative estimate of drug-likeness (QED) is 0.539. The van der Waals surface area contributed by atoms with E-state index in [1.807, 2.05) is 4.90 Å². The van der Waals surface area contributed by atoms with E-state index in [-0.39, 0.29) is 42.0 Å². The van der Waals surface area contributed by atoms with Crippen LogP contribution in [0.3, 0.4) is 0 Å². The van der Waals surface area contributed by atoms with Crippen molar-refractivity contribution in [3.8, 4) is 0 Å². The molecule has 4 N–H and O–H groups in total. The number of likely N-dealkylation sites (tertiary alicyclic amines) is 1. The average Bonchev–Trinajstić information content (AvgIpc) is 3.06. The number of piperidine rings is 2. The molecule has 0 aromatic heterocycles. The smallest absolute Gasteiger partial charge is 0.264 e. The Morgan fingerprint density at radius 1 is 1.09 bits per heavy atom. The predicted octanol–water partition coefficient (Wildman–Crippen LogP) is 0.620. The lowest BCUT2D eigenvalue weighted by Gasteiger charge is -2.48. The van der Waals surface area contributed by atoms with Crippen LogP contribution in [-0.4, -0.2) is 70.6 Å². The predicted molar refractivity (Wildman–Crippen MR) is 122 cm³/mol. The molecule has 3 heterocycles. The van der Waals surface area contributed by atoms with Gasteiger partial charge in [-0.15, -0.1) is 0 Å². The SMILES string of the molecule is NC1(C2CCN(C(=O)CNc3cccc4c3C(=O)N(C3CCC(=O)NC3=O)C4=O)CC2)CCC1. The minimum absolute atomic E-state index is 0.00518. The normalized spacial score (nSPS) is 24.6. The van der Waals surface area contributed by atoms with Crippen molar-refractivity contribution in [2.75, 3.05) is 25.0 Å². The van der Waals surface area contributed by atoms with E-state index < -0.39 is 29.7 Å². The Bertz CT molecular complexity index is 1070. The van der Waals surface area contributed by atoms with Crippen molar-refractivity contribution >= 4 is 35.2 Å². The minimum Gasteiger partial charge on any atom is -0.375 e. The van der Waals surface area contributed by atoms with Crippen LogP contribution in [0.2, 0.25) is 0 Å². The van der Waals surface area contributed by atoms with Gasteiger partial charge in [0, 0.05) is 30.7 Å². The van der Waals surface area contributed by atoms with Crippen molar-refractivity contribution in [2.24, 2.45) is 11.7 Å². The number of benzene rings is 1. The number of carbonyl (C=O) groups excluding carboxylic acids is 5. The fraction of sp³-hybridized carbons (Fsp3) is 0.542. The van der Waals surface area contributed by atoms with Gasteiger partial charge in [0.15, 0.2) is 0 Å². The fourth-order valence-corrected chi connectivity index (χ4v) is 5.64. The zero-order valence-electron chi connectivity index (χ0n) is 19.0. The molecule has 1 aromatic carbocycles. The van der Waals surface area contributed by atoms with E-state index in [4.69, 9.17) is 5.73 Å². The molecular weight excluding hydrogens is 438 g/mol. The van der Waals surface area contributed by atoms with Gasteiger partial charge in [0.25, 0.3) is 11.8 Å². The third-order valence-electron chi connectivity index (χ3n) is 7.84. The minimum atomic E-state index is -1.03. The summed E-state index contributed by atoms with van der Waals surface area (Å²) >= 11 is 0. The number of hydrogen-bond donors (Lipinski definition) is 3. The molecule has 1 saturated carbocycles. The van der Waals surface area contributed by atoms with Crippen LogP contribution in [0.4, 0.5) is 5.69 Å². The number of rotatable bonds is 5. The fourth-order valence-electron chi connectivity index (χ4n) is 5.64. The molecule has 0 spiro atoms. The second kappa shape index (κ2) is 8.50. The maximum absolute atomic E-state index is 13.2. The summed E-state index contributed by atoms with van der Waals surface area (Å²) < 4.78 is 0. The Kier molecular flexibility index (Phi) is 5.63. The first kappa shape index (κ1) is 22.5. The maximum Gasteiger partial charge on any atom is 0.264 e. The zero-order valence-corrected chi connectivity index (χ0v) is 19.0. The summed E-state index contributed by atoms with van der Waals surface area (Å²) in [6.07, 6.45) is 5.27. The Morgan fingerprint density at radius 3 is 2.47 bits per heavy atom. The summed E-state index contributed by atoms with van der Waals surface area (Å²) in [5, 5.41) is 5.22. The van der Waals surface area contributed by atoms with Crippen LogP contribution in [0, 0.1) is 5.92 Å². The molecule has 10 nitrogen and oxygen atoms in total. The summed E-state index contributed by atoms with van der Waals surface area (Å²) in [6, 6.07) is 3.78. The number of hydrogen-bond acceptors (Lipinski definition) is 7. The highest BCUT2D eigenvalue weighted by Crippen LogP contribution is 2.40. The van der Waals surface area contributed by atoms with E-state index in [2.05, 4.69) is 10.6 Å². The summed E-state index contributed by atoms with van der Waals surface area (Å²) in [7, 11) is 0. The molecular formula is C24H29N5O5. The van der Waals surface area contributed by atoms with Crippen LogP contribution in [-0.2, 0) is 14.4 Å². The molecule has 1 atom stereocenters. The molecule has 34 heavy (non-hydrogen) atoms. The van der Waals surface area contributed by atoms with E-state index in [0.29, 0.717) is 24.7 Å². The van der Waals surface area contributed by atoms with Crippen LogP contribution < -0.4 is 16.4 Å². The topological polar surface area (TPSA) is 142 Å². The second-order valence-corrected chi connectivity index (χ2v) is 9.77. The van der Waals surface area contributed by atoms with Crippen LogP contribution >= 0.6 is 0 Å². The molecule has 4 aliphatic rings. The molecule has 5 amide bonds. The molecule has 2 saturated heterocycles. The van der Waals surface area contributed by atoms with Crippen molar-refractivity contribution in [3.05, 3.63) is 29.3 Å². The van der Waals surface area contributed by atoms with Gasteiger partial charge in [-0.1, -0.05) is 6.07 Å². The van der Waals surface area contributed by atoms with E-state index in [9.17, 15) is 24.0 Å². The molecule has 3 aliphatic heterocycles. The van der Waals surface area contributed by atoms with Crippen molar-refractivity contribution in [1.29, 1.82) is 0 Å². The lowest BCUT2D eigenvalue weighted by atomic mass is 9.66. The highest BCUT2D eigenvalue weighted by molar-refractivity contribution is 6.25. The lowest BCUT2D eigenvalue weighted by Crippen LogP contribution is -2.56. The van der Waals surface area contributed by atoms with Gasteiger partial charge in [0.2, 0.25) is 17.7 Å². The second-order valence-electron chi connectivity index (χ2n) is 9.77. The highest BCUT2D eigenvalue weighted by atomic mass is 16.2. The summed E-state index contributed by atoms with van der Waals surface area (Å²) in [5.41, 5.74) is 7.13. The number of anilines is 1. The van der Waals surface area contributed by atoms with Gasteiger partial charge < -0.3 is 16.0 Å². The maximum atomic E-state index is 13.2. The molecule has 0 bridgehead atoms. The average molecular weight is 468 g/mol. The third-order valence-corrected chi connectivity index (χ3v) is 7.84. The Balaban J connectivity index is 1.24. The van der Waals surface area contributed by atoms with Crippen LogP contribution in [0.25, 0.3) is 0 Å². The largest absolute Gasteiger partial charge is 0.375 e. The van der Waals surface area contributed by atoms with Crippen LogP contribution in [0.1, 0.15) is 65.7 Å². The van der Waals surface area contributed by atoms with Crippen LogP contribution in [0.5, 0.6) is 0 Å². The summed E-state index contributed by atoms with van der Waals surface area (Å²) in [4.78, 5) is 65.4. The van der Waals surface area contributed by atoms with Crippen LogP contribution in [0.15, 0.2) is 18.2 Å². The third kappa shape index (κ3) is 3.75. The van der Waals surface area contributed by atoms with Crippen molar-refractivity contribution in [2.45, 2.75) is 56.5 Å². The van der Waals surface area contributed by atoms with Crippen molar-refractivity contribution in [3.63, 3.8) is 0 Å². The van der Waals surface area contributed by atoms with Crippen molar-refractivity contribution < 1.29 is 24.0 Å². The first-order chi connectivity index (χ1) is 16.3. The van der Waals surface area contributed by atoms with Gasteiger partial charge in [0.1, 0.15) is 6.04 Å². The van der Waals surface area contributed by atoms with Gasteiger partial charge in [0.05, 0.1) is 17.7 Å².